The minimum Gasteiger partial charge on any atom is -0.354 e. The number of amides is 1. The van der Waals surface area contributed by atoms with E-state index in [4.69, 9.17) is 16.6 Å². The molecule has 0 spiro atoms. The maximum atomic E-state index is 14.9. The van der Waals surface area contributed by atoms with Gasteiger partial charge in [0.1, 0.15) is 11.6 Å². The molecule has 3 aromatic heterocycles. The van der Waals surface area contributed by atoms with Crippen LogP contribution >= 0.6 is 11.6 Å². The van der Waals surface area contributed by atoms with Crippen LogP contribution in [0.3, 0.4) is 0 Å². The van der Waals surface area contributed by atoms with Gasteiger partial charge in [-0.15, -0.1) is 10.2 Å². The number of piperazine rings is 1. The first-order valence-electron chi connectivity index (χ1n) is 11.0. The number of fused-ring (bicyclic) bond motifs is 2. The van der Waals surface area contributed by atoms with E-state index in [1.807, 2.05) is 11.5 Å². The number of carbonyl (C=O) groups excluding carboxylic acids is 1. The first-order chi connectivity index (χ1) is 15.5. The van der Waals surface area contributed by atoms with Crippen molar-refractivity contribution in [3.63, 3.8) is 0 Å². The second-order valence-electron chi connectivity index (χ2n) is 8.27. The van der Waals surface area contributed by atoms with Crippen molar-refractivity contribution in [1.29, 1.82) is 0 Å². The van der Waals surface area contributed by atoms with Crippen molar-refractivity contribution in [3.05, 3.63) is 46.1 Å². The molecule has 3 aromatic rings. The molecule has 0 aromatic carbocycles. The molecular weight excluding hydrogens is 433 g/mol. The van der Waals surface area contributed by atoms with Gasteiger partial charge in [-0.25, -0.2) is 9.37 Å². The van der Waals surface area contributed by atoms with Gasteiger partial charge in [0.25, 0.3) is 5.91 Å². The highest BCUT2D eigenvalue weighted by Crippen LogP contribution is 2.27. The molecular formula is C22H25ClFN7O. The fourth-order valence-electron chi connectivity index (χ4n) is 4.49. The van der Waals surface area contributed by atoms with Gasteiger partial charge in [-0.3, -0.25) is 4.79 Å². The summed E-state index contributed by atoms with van der Waals surface area (Å²) in [7, 11) is 0. The molecule has 0 saturated carbocycles. The van der Waals surface area contributed by atoms with E-state index in [1.54, 1.807) is 12.3 Å². The summed E-state index contributed by atoms with van der Waals surface area (Å²) in [4.78, 5) is 19.7. The molecule has 5 rings (SSSR count). The lowest BCUT2D eigenvalue weighted by molar-refractivity contribution is 0.0927. The van der Waals surface area contributed by atoms with E-state index in [1.165, 1.54) is 6.07 Å². The lowest BCUT2D eigenvalue weighted by Crippen LogP contribution is -2.44. The third-order valence-corrected chi connectivity index (χ3v) is 6.55. The van der Waals surface area contributed by atoms with E-state index in [9.17, 15) is 9.18 Å². The average molecular weight is 458 g/mol. The molecule has 0 radical (unpaired) electrons. The van der Waals surface area contributed by atoms with Gasteiger partial charge >= 0.3 is 0 Å². The first kappa shape index (κ1) is 21.1. The fraction of sp³-hybridized carbons (Fsp3) is 0.455. The Kier molecular flexibility index (Phi) is 5.69. The topological polar surface area (TPSA) is 88.0 Å². The Morgan fingerprint density at radius 1 is 1.31 bits per heavy atom. The Morgan fingerprint density at radius 2 is 2.12 bits per heavy atom. The molecule has 2 N–H and O–H groups in total. The van der Waals surface area contributed by atoms with Crippen molar-refractivity contribution >= 4 is 34.4 Å². The molecule has 1 aliphatic carbocycles. The van der Waals surface area contributed by atoms with Crippen LogP contribution in [0.5, 0.6) is 0 Å². The minimum absolute atomic E-state index is 0.190. The van der Waals surface area contributed by atoms with Crippen molar-refractivity contribution in [2.45, 2.75) is 38.8 Å². The first-order valence-corrected chi connectivity index (χ1v) is 11.4. The number of rotatable bonds is 4. The van der Waals surface area contributed by atoms with Crippen LogP contribution < -0.4 is 15.5 Å². The van der Waals surface area contributed by atoms with Crippen LogP contribution in [0.2, 0.25) is 5.02 Å². The lowest BCUT2D eigenvalue weighted by Gasteiger charge is -2.31. The van der Waals surface area contributed by atoms with Gasteiger partial charge in [-0.1, -0.05) is 11.6 Å². The SMILES string of the molecule is CCn1cc(Cl)c2cc(C(=O)NC3CCc4nc(N5CCNCC5)cc(F)c4C3)nnc21. The summed E-state index contributed by atoms with van der Waals surface area (Å²) in [6.07, 6.45) is 3.50. The molecule has 1 atom stereocenters. The molecule has 1 amide bonds. The van der Waals surface area contributed by atoms with Crippen LogP contribution in [0.4, 0.5) is 10.2 Å². The molecule has 4 heterocycles. The summed E-state index contributed by atoms with van der Waals surface area (Å²) in [5.41, 5.74) is 2.23. The minimum atomic E-state index is -0.334. The number of aromatic nitrogens is 4. The van der Waals surface area contributed by atoms with Gasteiger partial charge in [0, 0.05) is 67.7 Å². The summed E-state index contributed by atoms with van der Waals surface area (Å²) in [5, 5.41) is 15.8. The van der Waals surface area contributed by atoms with Gasteiger partial charge in [0.05, 0.1) is 5.02 Å². The van der Waals surface area contributed by atoms with Crippen LogP contribution in [0.25, 0.3) is 11.0 Å². The van der Waals surface area contributed by atoms with Gasteiger partial charge in [-0.05, 0) is 32.3 Å². The van der Waals surface area contributed by atoms with Crippen molar-refractivity contribution in [3.8, 4) is 0 Å². The molecule has 1 fully saturated rings. The predicted octanol–water partition coefficient (Wildman–Crippen LogP) is 2.34. The van der Waals surface area contributed by atoms with Gasteiger partial charge in [0.15, 0.2) is 11.3 Å². The average Bonchev–Trinajstić information content (AvgIpc) is 3.15. The molecule has 2 aliphatic rings. The highest BCUT2D eigenvalue weighted by molar-refractivity contribution is 6.35. The second kappa shape index (κ2) is 8.63. The van der Waals surface area contributed by atoms with E-state index in [0.717, 1.165) is 31.9 Å². The summed E-state index contributed by atoms with van der Waals surface area (Å²) >= 11 is 6.29. The Bertz CT molecular complexity index is 1170. The number of nitrogens with one attached hydrogen (secondary N) is 2. The Labute approximate surface area is 190 Å². The van der Waals surface area contributed by atoms with Crippen molar-refractivity contribution < 1.29 is 9.18 Å². The van der Waals surface area contributed by atoms with Crippen molar-refractivity contribution in [2.75, 3.05) is 31.1 Å². The number of hydrogen-bond acceptors (Lipinski definition) is 6. The van der Waals surface area contributed by atoms with Gasteiger partial charge in [0.2, 0.25) is 0 Å². The normalized spacial score (nSPS) is 18.6. The quantitative estimate of drug-likeness (QED) is 0.625. The smallest absolute Gasteiger partial charge is 0.272 e. The molecule has 1 unspecified atom stereocenters. The summed E-state index contributed by atoms with van der Waals surface area (Å²) < 4.78 is 16.8. The van der Waals surface area contributed by atoms with E-state index in [-0.39, 0.29) is 23.5 Å². The van der Waals surface area contributed by atoms with Crippen LogP contribution in [0.1, 0.15) is 35.1 Å². The standard InChI is InChI=1S/C22H25ClFN7O/c1-2-30-12-16(23)14-10-19(28-29-21(14)30)22(32)26-13-3-4-18-15(9-13)17(24)11-20(27-18)31-7-5-25-6-8-31/h10-13,25H,2-9H2,1H3,(H,26,32). The highest BCUT2D eigenvalue weighted by Gasteiger charge is 2.27. The molecule has 1 aliphatic heterocycles. The number of hydrogen-bond donors (Lipinski definition) is 2. The van der Waals surface area contributed by atoms with Crippen LogP contribution in [-0.2, 0) is 19.4 Å². The summed E-state index contributed by atoms with van der Waals surface area (Å²) in [5.74, 6) is 0.111. The number of aryl methyl sites for hydroxylation is 2. The highest BCUT2D eigenvalue weighted by atomic mass is 35.5. The molecule has 0 bridgehead atoms. The Hall–Kier alpha value is -2.78. The maximum Gasteiger partial charge on any atom is 0.272 e. The molecule has 168 valence electrons. The zero-order chi connectivity index (χ0) is 22.2. The zero-order valence-corrected chi connectivity index (χ0v) is 18.6. The molecule has 10 heteroatoms. The van der Waals surface area contributed by atoms with E-state index in [2.05, 4.69) is 25.7 Å². The predicted molar refractivity (Wildman–Crippen MR) is 121 cm³/mol. The number of halogens is 2. The molecule has 1 saturated heterocycles. The second-order valence-corrected chi connectivity index (χ2v) is 8.67. The van der Waals surface area contributed by atoms with Gasteiger partial charge in [-0.2, -0.15) is 0 Å². The zero-order valence-electron chi connectivity index (χ0n) is 17.9. The monoisotopic (exact) mass is 457 g/mol. The maximum absolute atomic E-state index is 14.9. The largest absolute Gasteiger partial charge is 0.354 e. The number of carbonyl (C=O) groups is 1. The van der Waals surface area contributed by atoms with Crippen molar-refractivity contribution in [1.82, 2.24) is 30.4 Å². The number of pyridine rings is 1. The van der Waals surface area contributed by atoms with Crippen molar-refractivity contribution in [2.24, 2.45) is 0 Å². The third-order valence-electron chi connectivity index (χ3n) is 6.24. The van der Waals surface area contributed by atoms with Gasteiger partial charge < -0.3 is 20.1 Å². The van der Waals surface area contributed by atoms with Crippen LogP contribution in [-0.4, -0.2) is 57.9 Å². The fourth-order valence-corrected chi connectivity index (χ4v) is 4.75. The summed E-state index contributed by atoms with van der Waals surface area (Å²) in [6, 6.07) is 2.99. The number of anilines is 1. The summed E-state index contributed by atoms with van der Waals surface area (Å²) in [6.45, 7) is 6.08. The lowest BCUT2D eigenvalue weighted by atomic mass is 9.91. The number of nitrogens with zero attached hydrogens (tertiary/aromatic N) is 5. The molecule has 32 heavy (non-hydrogen) atoms. The van der Waals surface area contributed by atoms with Crippen LogP contribution in [0, 0.1) is 5.82 Å². The van der Waals surface area contributed by atoms with E-state index < -0.39 is 0 Å². The van der Waals surface area contributed by atoms with E-state index in [0.29, 0.717) is 53.2 Å². The Balaban J connectivity index is 1.31. The van der Waals surface area contributed by atoms with E-state index >= 15 is 0 Å². The van der Waals surface area contributed by atoms with Crippen LogP contribution in [0.15, 0.2) is 18.3 Å². The third kappa shape index (κ3) is 3.91. The molecule has 8 nitrogen and oxygen atoms in total. The Morgan fingerprint density at radius 3 is 2.91 bits per heavy atom.